The molecule has 5 nitrogen and oxygen atoms in total. The Hall–Kier alpha value is -1.15. The molecule has 1 aliphatic rings. The number of hydrogen-bond acceptors (Lipinski definition) is 6. The van der Waals surface area contributed by atoms with Crippen LogP contribution in [0.4, 0.5) is 13.2 Å². The van der Waals surface area contributed by atoms with E-state index in [2.05, 4.69) is 10.1 Å². The van der Waals surface area contributed by atoms with Gasteiger partial charge in [-0.15, -0.1) is 0 Å². The van der Waals surface area contributed by atoms with E-state index in [4.69, 9.17) is 13.6 Å². The van der Waals surface area contributed by atoms with E-state index < -0.39 is 13.9 Å². The Kier molecular flexibility index (Phi) is 7.25. The minimum absolute atomic E-state index is 0.104. The normalized spacial score (nSPS) is 16.9. The van der Waals surface area contributed by atoms with Gasteiger partial charge in [0.15, 0.2) is 14.2 Å². The highest BCUT2D eigenvalue weighted by atomic mass is 32.2. The van der Waals surface area contributed by atoms with E-state index in [0.29, 0.717) is 31.3 Å². The van der Waals surface area contributed by atoms with Gasteiger partial charge in [0, 0.05) is 17.0 Å². The molecule has 1 aliphatic carbocycles. The fraction of sp³-hybridized carbons (Fsp3) is 0.579. The van der Waals surface area contributed by atoms with Crippen LogP contribution in [-0.2, 0) is 20.9 Å². The van der Waals surface area contributed by atoms with Crippen molar-refractivity contribution in [2.24, 2.45) is 0 Å². The van der Waals surface area contributed by atoms with E-state index in [1.165, 1.54) is 12.1 Å². The van der Waals surface area contributed by atoms with E-state index in [9.17, 15) is 13.2 Å². The van der Waals surface area contributed by atoms with E-state index in [1.807, 2.05) is 20.8 Å². The second kappa shape index (κ2) is 9.33. The van der Waals surface area contributed by atoms with Gasteiger partial charge in [-0.2, -0.15) is 18.2 Å². The van der Waals surface area contributed by atoms with Gasteiger partial charge in [-0.25, -0.2) is 0 Å². The molecular weight excluding hydrogens is 424 g/mol. The third-order valence-electron chi connectivity index (χ3n) is 4.63. The summed E-state index contributed by atoms with van der Waals surface area (Å²) in [4.78, 5) is 4.75. The SMILES string of the molecule is CCOP(OCC)C(C)Cc1nc(C2(c3ccc(SC(F)(F)F)cc3)CC2)no1. The number of halogens is 3. The van der Waals surface area contributed by atoms with Gasteiger partial charge in [0.05, 0.1) is 18.6 Å². The topological polar surface area (TPSA) is 57.4 Å². The molecule has 0 amide bonds. The average Bonchev–Trinajstić information content (AvgIpc) is 3.33. The molecule has 160 valence electrons. The van der Waals surface area contributed by atoms with E-state index >= 15 is 0 Å². The van der Waals surface area contributed by atoms with Crippen LogP contribution >= 0.6 is 20.1 Å². The summed E-state index contributed by atoms with van der Waals surface area (Å²) in [7, 11) is -1.03. The van der Waals surface area contributed by atoms with E-state index in [0.717, 1.165) is 18.4 Å². The second-order valence-electron chi connectivity index (χ2n) is 6.84. The molecule has 1 unspecified atom stereocenters. The standard InChI is InChI=1S/C19H24F3N2O3PS/c1-4-25-28(26-5-2)13(3)12-16-23-17(24-27-16)18(10-11-18)14-6-8-15(9-7-14)29-19(20,21)22/h6-9,13H,4-5,10-12H2,1-3H3. The van der Waals surface area contributed by atoms with Crippen molar-refractivity contribution < 1.29 is 26.7 Å². The van der Waals surface area contributed by atoms with Crippen molar-refractivity contribution >= 4 is 20.1 Å². The molecule has 0 radical (unpaired) electrons. The Morgan fingerprint density at radius 3 is 2.31 bits per heavy atom. The van der Waals surface area contributed by atoms with Crippen molar-refractivity contribution in [3.05, 3.63) is 41.5 Å². The number of rotatable bonds is 10. The summed E-state index contributed by atoms with van der Waals surface area (Å²) < 4.78 is 54.4. The first-order chi connectivity index (χ1) is 13.8. The molecule has 1 fully saturated rings. The predicted octanol–water partition coefficient (Wildman–Crippen LogP) is 6.08. The maximum absolute atomic E-state index is 12.5. The van der Waals surface area contributed by atoms with Gasteiger partial charge in [0.1, 0.15) is 0 Å². The highest BCUT2D eigenvalue weighted by molar-refractivity contribution is 8.00. The van der Waals surface area contributed by atoms with Crippen molar-refractivity contribution in [3.63, 3.8) is 0 Å². The zero-order valence-electron chi connectivity index (χ0n) is 16.5. The molecule has 1 aromatic heterocycles. The number of nitrogens with zero attached hydrogens (tertiary/aromatic N) is 2. The molecular formula is C19H24F3N2O3PS. The molecule has 1 atom stereocenters. The molecule has 0 bridgehead atoms. The molecule has 0 N–H and O–H groups in total. The summed E-state index contributed by atoms with van der Waals surface area (Å²) in [5.74, 6) is 1.11. The fourth-order valence-corrected chi connectivity index (χ4v) is 5.08. The second-order valence-corrected chi connectivity index (χ2v) is 9.95. The molecule has 1 aromatic carbocycles. The van der Waals surface area contributed by atoms with Crippen LogP contribution in [0.15, 0.2) is 33.7 Å². The van der Waals surface area contributed by atoms with E-state index in [-0.39, 0.29) is 27.7 Å². The van der Waals surface area contributed by atoms with Crippen LogP contribution in [0.3, 0.4) is 0 Å². The summed E-state index contributed by atoms with van der Waals surface area (Å²) in [5, 5.41) is 4.17. The van der Waals surface area contributed by atoms with Crippen LogP contribution in [0.5, 0.6) is 0 Å². The van der Waals surface area contributed by atoms with Crippen molar-refractivity contribution in [1.82, 2.24) is 10.1 Å². The summed E-state index contributed by atoms with van der Waals surface area (Å²) >= 11 is -0.114. The van der Waals surface area contributed by atoms with Gasteiger partial charge >= 0.3 is 5.51 Å². The maximum atomic E-state index is 12.5. The molecule has 3 rings (SSSR count). The summed E-state index contributed by atoms with van der Waals surface area (Å²) in [6.07, 6.45) is 2.24. The smallest absolute Gasteiger partial charge is 0.339 e. The zero-order valence-corrected chi connectivity index (χ0v) is 18.2. The van der Waals surface area contributed by atoms with Gasteiger partial charge in [-0.05, 0) is 56.1 Å². The van der Waals surface area contributed by atoms with Crippen molar-refractivity contribution in [3.8, 4) is 0 Å². The van der Waals surface area contributed by atoms with Crippen LogP contribution in [0.2, 0.25) is 0 Å². The van der Waals surface area contributed by atoms with Crippen molar-refractivity contribution in [2.45, 2.75) is 61.5 Å². The van der Waals surface area contributed by atoms with Crippen LogP contribution in [0, 0.1) is 0 Å². The Morgan fingerprint density at radius 1 is 1.17 bits per heavy atom. The molecule has 0 saturated heterocycles. The predicted molar refractivity (Wildman–Crippen MR) is 106 cm³/mol. The highest BCUT2D eigenvalue weighted by Crippen LogP contribution is 2.53. The third-order valence-corrected chi connectivity index (χ3v) is 7.30. The number of alkyl halides is 3. The summed E-state index contributed by atoms with van der Waals surface area (Å²) in [6.45, 7) is 7.06. The van der Waals surface area contributed by atoms with Crippen molar-refractivity contribution in [1.29, 1.82) is 0 Å². The van der Waals surface area contributed by atoms with Gasteiger partial charge in [0.25, 0.3) is 0 Å². The summed E-state index contributed by atoms with van der Waals surface area (Å²) in [5.41, 5.74) is -3.64. The monoisotopic (exact) mass is 448 g/mol. The zero-order chi connectivity index (χ0) is 21.1. The Labute approximate surface area is 173 Å². The molecule has 29 heavy (non-hydrogen) atoms. The first-order valence-corrected chi connectivity index (χ1v) is 11.6. The van der Waals surface area contributed by atoms with Gasteiger partial charge in [-0.3, -0.25) is 0 Å². The number of benzene rings is 1. The highest BCUT2D eigenvalue weighted by Gasteiger charge is 2.50. The molecule has 1 heterocycles. The lowest BCUT2D eigenvalue weighted by molar-refractivity contribution is -0.0328. The fourth-order valence-electron chi connectivity index (χ4n) is 3.15. The molecule has 10 heteroatoms. The Bertz CT molecular complexity index is 791. The number of thioether (sulfide) groups is 1. The maximum Gasteiger partial charge on any atom is 0.446 e. The largest absolute Gasteiger partial charge is 0.446 e. The first kappa shape index (κ1) is 22.5. The van der Waals surface area contributed by atoms with Crippen LogP contribution in [0.1, 0.15) is 50.9 Å². The van der Waals surface area contributed by atoms with Crippen LogP contribution in [-0.4, -0.2) is 34.5 Å². The lowest BCUT2D eigenvalue weighted by Gasteiger charge is -2.21. The lowest BCUT2D eigenvalue weighted by Crippen LogP contribution is -2.12. The van der Waals surface area contributed by atoms with Crippen LogP contribution < -0.4 is 0 Å². The summed E-state index contributed by atoms with van der Waals surface area (Å²) in [6, 6.07) is 6.44. The molecule has 2 aromatic rings. The molecule has 1 saturated carbocycles. The van der Waals surface area contributed by atoms with Gasteiger partial charge in [-0.1, -0.05) is 24.2 Å². The Morgan fingerprint density at radius 2 is 1.79 bits per heavy atom. The quantitative estimate of drug-likeness (QED) is 0.324. The van der Waals surface area contributed by atoms with Crippen molar-refractivity contribution in [2.75, 3.05) is 13.2 Å². The minimum Gasteiger partial charge on any atom is -0.339 e. The third kappa shape index (κ3) is 5.72. The van der Waals surface area contributed by atoms with Crippen LogP contribution in [0.25, 0.3) is 0 Å². The molecule has 0 aliphatic heterocycles. The lowest BCUT2D eigenvalue weighted by atomic mass is 9.95. The first-order valence-electron chi connectivity index (χ1n) is 9.52. The van der Waals surface area contributed by atoms with Gasteiger partial charge in [0.2, 0.25) is 5.89 Å². The van der Waals surface area contributed by atoms with Gasteiger partial charge < -0.3 is 13.6 Å². The Balaban J connectivity index is 1.69. The minimum atomic E-state index is -4.29. The average molecular weight is 448 g/mol. The number of hydrogen-bond donors (Lipinski definition) is 0. The van der Waals surface area contributed by atoms with E-state index in [1.54, 1.807) is 12.1 Å². The number of aromatic nitrogens is 2. The molecule has 0 spiro atoms.